The number of anilines is 1. The van der Waals surface area contributed by atoms with Crippen LogP contribution < -0.4 is 15.0 Å². The zero-order valence-corrected chi connectivity index (χ0v) is 12.5. The van der Waals surface area contributed by atoms with Crippen LogP contribution in [-0.4, -0.2) is 42.8 Å². The first kappa shape index (κ1) is 15.4. The van der Waals surface area contributed by atoms with Crippen molar-refractivity contribution >= 4 is 16.7 Å². The number of hydrogen-bond acceptors (Lipinski definition) is 6. The fourth-order valence-electron chi connectivity index (χ4n) is 2.70. The van der Waals surface area contributed by atoms with E-state index in [2.05, 4.69) is 21.4 Å². The van der Waals surface area contributed by atoms with Crippen molar-refractivity contribution < 1.29 is 13.5 Å². The van der Waals surface area contributed by atoms with Crippen LogP contribution in [0.3, 0.4) is 0 Å². The van der Waals surface area contributed by atoms with Crippen molar-refractivity contribution in [1.29, 1.82) is 5.26 Å². The van der Waals surface area contributed by atoms with Crippen LogP contribution in [0.4, 0.5) is 14.6 Å². The average molecular weight is 319 g/mol. The summed E-state index contributed by atoms with van der Waals surface area (Å²) in [5.41, 5.74) is -0.109. The van der Waals surface area contributed by atoms with Gasteiger partial charge in [-0.15, -0.1) is 0 Å². The van der Waals surface area contributed by atoms with Crippen LogP contribution in [0.25, 0.3) is 10.9 Å². The monoisotopic (exact) mass is 319 g/mol. The topological polar surface area (TPSA) is 74.1 Å². The minimum absolute atomic E-state index is 0.00458. The summed E-state index contributed by atoms with van der Waals surface area (Å²) in [6.45, 7) is 1.85. The van der Waals surface area contributed by atoms with Crippen LogP contribution in [0.2, 0.25) is 0 Å². The Kier molecular flexibility index (Phi) is 4.21. The number of hydrogen-bond donors (Lipinski definition) is 1. The molecule has 0 saturated carbocycles. The number of benzene rings is 1. The second-order valence-corrected chi connectivity index (χ2v) is 5.25. The Hall–Kier alpha value is -2.53. The third-order valence-electron chi connectivity index (χ3n) is 3.79. The highest BCUT2D eigenvalue weighted by Gasteiger charge is 2.24. The highest BCUT2D eigenvalue weighted by Crippen LogP contribution is 2.29. The predicted octanol–water partition coefficient (Wildman–Crippen LogP) is 1.61. The zero-order chi connectivity index (χ0) is 16.4. The van der Waals surface area contributed by atoms with E-state index in [1.165, 1.54) is 13.2 Å². The van der Waals surface area contributed by atoms with Gasteiger partial charge in [-0.25, -0.2) is 8.78 Å². The van der Waals surface area contributed by atoms with Crippen LogP contribution >= 0.6 is 0 Å². The minimum Gasteiger partial charge on any atom is -0.467 e. The van der Waals surface area contributed by atoms with Gasteiger partial charge >= 0.3 is 6.01 Å². The molecule has 1 N–H and O–H groups in total. The lowest BCUT2D eigenvalue weighted by Gasteiger charge is -2.34. The molecule has 1 aromatic heterocycles. The second-order valence-electron chi connectivity index (χ2n) is 5.25. The van der Waals surface area contributed by atoms with Crippen LogP contribution in [0, 0.1) is 23.0 Å². The molecular formula is C15H15F2N5O. The number of methoxy groups -OCH3 is 1. The normalized spacial score (nSPS) is 18.0. The summed E-state index contributed by atoms with van der Waals surface area (Å²) in [6.07, 6.45) is 0.361. The van der Waals surface area contributed by atoms with E-state index in [9.17, 15) is 8.78 Å². The predicted molar refractivity (Wildman–Crippen MR) is 80.2 cm³/mol. The highest BCUT2D eigenvalue weighted by molar-refractivity contribution is 5.90. The molecule has 1 atom stereocenters. The Labute approximate surface area is 131 Å². The van der Waals surface area contributed by atoms with E-state index < -0.39 is 11.6 Å². The molecule has 2 aromatic rings. The van der Waals surface area contributed by atoms with E-state index >= 15 is 0 Å². The standard InChI is InChI=1S/C15H15F2N5O/c1-23-15-20-13-10(2-3-11(16)12(13)17)14(21-15)22-7-6-19-9(8-22)4-5-18/h2-3,9,19H,4,6-8H2,1H3. The largest absolute Gasteiger partial charge is 0.467 e. The number of aromatic nitrogens is 2. The molecule has 8 heteroatoms. The van der Waals surface area contributed by atoms with Crippen molar-refractivity contribution in [3.8, 4) is 12.1 Å². The van der Waals surface area contributed by atoms with Gasteiger partial charge in [-0.3, -0.25) is 0 Å². The molecule has 0 aliphatic carbocycles. The number of halogens is 2. The van der Waals surface area contributed by atoms with E-state index in [-0.39, 0.29) is 17.6 Å². The Morgan fingerprint density at radius 1 is 1.43 bits per heavy atom. The summed E-state index contributed by atoms with van der Waals surface area (Å²) in [5.74, 6) is -1.50. The maximum Gasteiger partial charge on any atom is 0.318 e. The number of nitriles is 1. The van der Waals surface area contributed by atoms with Gasteiger partial charge in [-0.05, 0) is 12.1 Å². The van der Waals surface area contributed by atoms with Gasteiger partial charge < -0.3 is 15.0 Å². The highest BCUT2D eigenvalue weighted by atomic mass is 19.2. The second kappa shape index (κ2) is 6.30. The molecular weight excluding hydrogens is 304 g/mol. The van der Waals surface area contributed by atoms with E-state index in [1.807, 2.05) is 4.90 Å². The van der Waals surface area contributed by atoms with Crippen LogP contribution in [0.15, 0.2) is 12.1 Å². The first-order valence-electron chi connectivity index (χ1n) is 7.19. The lowest BCUT2D eigenvalue weighted by Crippen LogP contribution is -2.50. The van der Waals surface area contributed by atoms with Crippen LogP contribution in [0.1, 0.15) is 6.42 Å². The fourth-order valence-corrected chi connectivity index (χ4v) is 2.70. The molecule has 1 aromatic carbocycles. The maximum atomic E-state index is 14.1. The minimum atomic E-state index is -1.02. The number of ether oxygens (including phenoxy) is 1. The van der Waals surface area contributed by atoms with Gasteiger partial charge in [-0.2, -0.15) is 15.2 Å². The Morgan fingerprint density at radius 3 is 3.00 bits per heavy atom. The first-order chi connectivity index (χ1) is 11.1. The molecule has 23 heavy (non-hydrogen) atoms. The molecule has 0 bridgehead atoms. The number of piperazine rings is 1. The summed E-state index contributed by atoms with van der Waals surface area (Å²) >= 11 is 0. The van der Waals surface area contributed by atoms with Crippen molar-refractivity contribution in [3.05, 3.63) is 23.8 Å². The van der Waals surface area contributed by atoms with E-state index in [1.54, 1.807) is 0 Å². The summed E-state index contributed by atoms with van der Waals surface area (Å²) in [4.78, 5) is 10.2. The van der Waals surface area contributed by atoms with Crippen molar-refractivity contribution in [2.75, 3.05) is 31.6 Å². The fraction of sp³-hybridized carbons (Fsp3) is 0.400. The first-order valence-corrected chi connectivity index (χ1v) is 7.19. The Bertz CT molecular complexity index is 777. The SMILES string of the molecule is COc1nc(N2CCNC(CC#N)C2)c2ccc(F)c(F)c2n1. The van der Waals surface area contributed by atoms with Gasteiger partial charge in [0.2, 0.25) is 0 Å². The van der Waals surface area contributed by atoms with Gasteiger partial charge in [0, 0.05) is 31.1 Å². The third-order valence-corrected chi connectivity index (χ3v) is 3.79. The summed E-state index contributed by atoms with van der Waals surface area (Å²) in [7, 11) is 1.37. The van der Waals surface area contributed by atoms with Gasteiger partial charge in [0.25, 0.3) is 0 Å². The molecule has 1 saturated heterocycles. The van der Waals surface area contributed by atoms with Gasteiger partial charge in [-0.1, -0.05) is 0 Å². The lowest BCUT2D eigenvalue weighted by atomic mass is 10.1. The van der Waals surface area contributed by atoms with Crippen molar-refractivity contribution in [2.45, 2.75) is 12.5 Å². The van der Waals surface area contributed by atoms with Crippen molar-refractivity contribution in [1.82, 2.24) is 15.3 Å². The molecule has 0 amide bonds. The van der Waals surface area contributed by atoms with E-state index in [0.29, 0.717) is 37.3 Å². The smallest absolute Gasteiger partial charge is 0.318 e. The average Bonchev–Trinajstić information content (AvgIpc) is 2.58. The lowest BCUT2D eigenvalue weighted by molar-refractivity contribution is 0.379. The molecule has 1 unspecified atom stereocenters. The quantitative estimate of drug-likeness (QED) is 0.926. The number of nitrogens with one attached hydrogen (secondary N) is 1. The molecule has 6 nitrogen and oxygen atoms in total. The summed E-state index contributed by atoms with van der Waals surface area (Å²) < 4.78 is 32.6. The van der Waals surface area contributed by atoms with Gasteiger partial charge in [0.1, 0.15) is 11.3 Å². The third kappa shape index (κ3) is 2.87. The van der Waals surface area contributed by atoms with Crippen LogP contribution in [0.5, 0.6) is 6.01 Å². The molecule has 1 aliphatic heterocycles. The Balaban J connectivity index is 2.09. The van der Waals surface area contributed by atoms with Gasteiger partial charge in [0.15, 0.2) is 11.6 Å². The molecule has 0 spiro atoms. The number of nitrogens with zero attached hydrogens (tertiary/aromatic N) is 4. The zero-order valence-electron chi connectivity index (χ0n) is 12.5. The van der Waals surface area contributed by atoms with E-state index in [4.69, 9.17) is 10.00 Å². The summed E-state index contributed by atoms with van der Waals surface area (Å²) in [5, 5.41) is 12.5. The molecule has 120 valence electrons. The number of fused-ring (bicyclic) bond motifs is 1. The van der Waals surface area contributed by atoms with Crippen molar-refractivity contribution in [2.24, 2.45) is 0 Å². The molecule has 2 heterocycles. The van der Waals surface area contributed by atoms with Crippen LogP contribution in [-0.2, 0) is 0 Å². The molecule has 0 radical (unpaired) electrons. The Morgan fingerprint density at radius 2 is 2.26 bits per heavy atom. The van der Waals surface area contributed by atoms with Crippen molar-refractivity contribution in [3.63, 3.8) is 0 Å². The summed E-state index contributed by atoms with van der Waals surface area (Å²) in [6, 6.07) is 4.63. The molecule has 1 aliphatic rings. The van der Waals surface area contributed by atoms with Gasteiger partial charge in [0.05, 0.1) is 19.6 Å². The maximum absolute atomic E-state index is 14.1. The molecule has 1 fully saturated rings. The number of rotatable bonds is 3. The molecule has 3 rings (SSSR count). The van der Waals surface area contributed by atoms with E-state index in [0.717, 1.165) is 6.07 Å².